The number of rotatable bonds is 9. The van der Waals surface area contributed by atoms with E-state index >= 15 is 0 Å². The van der Waals surface area contributed by atoms with Gasteiger partial charge in [-0.25, -0.2) is 13.1 Å². The number of nitrogens with one attached hydrogen (secondary N) is 2. The normalized spacial score (nSPS) is 11.6. The Kier molecular flexibility index (Phi) is 8.51. The summed E-state index contributed by atoms with van der Waals surface area (Å²) in [6.45, 7) is 5.62. The number of hydrogen-bond donors (Lipinski definition) is 2. The molecule has 0 aliphatic rings. The van der Waals surface area contributed by atoms with Gasteiger partial charge in [-0.3, -0.25) is 4.79 Å². The first-order chi connectivity index (χ1) is 14.6. The molecule has 0 saturated heterocycles. The quantitative estimate of drug-likeness (QED) is 0.555. The molecular formula is C22H27N3O4S2. The van der Waals surface area contributed by atoms with Crippen molar-refractivity contribution in [1.82, 2.24) is 10.0 Å². The SMILES string of the molecule is COc1ccc(C(=O)NCCSCc2ccccc2C#N)cc1S(=O)(=O)NC(C)(C)C. The molecule has 9 heteroatoms. The van der Waals surface area contributed by atoms with Gasteiger partial charge in [0.25, 0.3) is 5.91 Å². The van der Waals surface area contributed by atoms with Crippen molar-refractivity contribution in [2.24, 2.45) is 0 Å². The Hall–Kier alpha value is -2.54. The van der Waals surface area contributed by atoms with Crippen molar-refractivity contribution in [3.05, 3.63) is 59.2 Å². The molecule has 0 radical (unpaired) electrons. The molecular weight excluding hydrogens is 434 g/mol. The van der Waals surface area contributed by atoms with Gasteiger partial charge in [0.1, 0.15) is 10.6 Å². The minimum Gasteiger partial charge on any atom is -0.495 e. The second kappa shape index (κ2) is 10.7. The van der Waals surface area contributed by atoms with E-state index in [0.29, 0.717) is 23.6 Å². The van der Waals surface area contributed by atoms with Crippen LogP contribution < -0.4 is 14.8 Å². The molecule has 2 aromatic carbocycles. The number of nitriles is 1. The van der Waals surface area contributed by atoms with Crippen molar-refractivity contribution in [2.45, 2.75) is 37.0 Å². The number of amides is 1. The molecule has 2 rings (SSSR count). The molecule has 0 fully saturated rings. The van der Waals surface area contributed by atoms with Gasteiger partial charge in [-0.15, -0.1) is 0 Å². The van der Waals surface area contributed by atoms with Crippen LogP contribution in [0.1, 0.15) is 42.3 Å². The van der Waals surface area contributed by atoms with Crippen LogP contribution in [0.3, 0.4) is 0 Å². The topological polar surface area (TPSA) is 108 Å². The van der Waals surface area contributed by atoms with E-state index < -0.39 is 15.6 Å². The first kappa shape index (κ1) is 24.7. The van der Waals surface area contributed by atoms with E-state index in [0.717, 1.165) is 5.56 Å². The van der Waals surface area contributed by atoms with Crippen LogP contribution in [-0.2, 0) is 15.8 Å². The van der Waals surface area contributed by atoms with Gasteiger partial charge >= 0.3 is 0 Å². The van der Waals surface area contributed by atoms with Crippen molar-refractivity contribution in [3.63, 3.8) is 0 Å². The van der Waals surface area contributed by atoms with Gasteiger partial charge in [-0.05, 0) is 50.6 Å². The fraction of sp³-hybridized carbons (Fsp3) is 0.364. The van der Waals surface area contributed by atoms with Crippen molar-refractivity contribution in [2.75, 3.05) is 19.4 Å². The summed E-state index contributed by atoms with van der Waals surface area (Å²) in [5, 5.41) is 11.9. The van der Waals surface area contributed by atoms with Crippen LogP contribution in [0.15, 0.2) is 47.4 Å². The van der Waals surface area contributed by atoms with E-state index in [1.807, 2.05) is 18.2 Å². The van der Waals surface area contributed by atoms with Crippen molar-refractivity contribution in [1.29, 1.82) is 5.26 Å². The fourth-order valence-electron chi connectivity index (χ4n) is 2.76. The van der Waals surface area contributed by atoms with Crippen LogP contribution in [0.5, 0.6) is 5.75 Å². The molecule has 166 valence electrons. The largest absolute Gasteiger partial charge is 0.495 e. The van der Waals surface area contributed by atoms with Crippen LogP contribution in [-0.4, -0.2) is 39.3 Å². The Morgan fingerprint density at radius 2 is 1.90 bits per heavy atom. The number of benzene rings is 2. The van der Waals surface area contributed by atoms with E-state index in [9.17, 15) is 13.2 Å². The molecule has 0 unspecified atom stereocenters. The van der Waals surface area contributed by atoms with Crippen LogP contribution in [0.2, 0.25) is 0 Å². The van der Waals surface area contributed by atoms with Crippen LogP contribution in [0.25, 0.3) is 0 Å². The first-order valence-corrected chi connectivity index (χ1v) is 12.3. The van der Waals surface area contributed by atoms with Gasteiger partial charge in [-0.2, -0.15) is 17.0 Å². The molecule has 0 saturated carbocycles. The van der Waals surface area contributed by atoms with Gasteiger partial charge < -0.3 is 10.1 Å². The summed E-state index contributed by atoms with van der Waals surface area (Å²) in [6, 6.07) is 13.9. The maximum absolute atomic E-state index is 12.7. The van der Waals surface area contributed by atoms with E-state index in [2.05, 4.69) is 16.1 Å². The highest BCUT2D eigenvalue weighted by Gasteiger charge is 2.26. The lowest BCUT2D eigenvalue weighted by atomic mass is 10.1. The lowest BCUT2D eigenvalue weighted by Gasteiger charge is -2.21. The second-order valence-electron chi connectivity index (χ2n) is 7.80. The molecule has 0 aliphatic heterocycles. The molecule has 1 amide bonds. The molecule has 0 aliphatic carbocycles. The van der Waals surface area contributed by atoms with E-state index in [1.54, 1.807) is 38.6 Å². The van der Waals surface area contributed by atoms with Gasteiger partial charge in [0.15, 0.2) is 0 Å². The number of sulfonamides is 1. The van der Waals surface area contributed by atoms with Crippen molar-refractivity contribution in [3.8, 4) is 11.8 Å². The number of carbonyl (C=O) groups excluding carboxylic acids is 1. The van der Waals surface area contributed by atoms with Crippen LogP contribution in [0.4, 0.5) is 0 Å². The number of hydrogen-bond acceptors (Lipinski definition) is 6. The molecule has 0 atom stereocenters. The molecule has 31 heavy (non-hydrogen) atoms. The maximum Gasteiger partial charge on any atom is 0.251 e. The monoisotopic (exact) mass is 461 g/mol. The highest BCUT2D eigenvalue weighted by molar-refractivity contribution is 7.98. The highest BCUT2D eigenvalue weighted by atomic mass is 32.2. The summed E-state index contributed by atoms with van der Waals surface area (Å²) in [7, 11) is -2.49. The average molecular weight is 462 g/mol. The summed E-state index contributed by atoms with van der Waals surface area (Å²) in [5.41, 5.74) is 1.16. The summed E-state index contributed by atoms with van der Waals surface area (Å²) in [5.74, 6) is 1.12. The minimum atomic E-state index is -3.87. The smallest absolute Gasteiger partial charge is 0.251 e. The second-order valence-corrected chi connectivity index (χ2v) is 10.6. The number of thioether (sulfide) groups is 1. The fourth-order valence-corrected chi connectivity index (χ4v) is 5.24. The number of ether oxygens (including phenoxy) is 1. The highest BCUT2D eigenvalue weighted by Crippen LogP contribution is 2.26. The zero-order valence-electron chi connectivity index (χ0n) is 18.1. The van der Waals surface area contributed by atoms with E-state index in [4.69, 9.17) is 10.00 Å². The Balaban J connectivity index is 2.00. The van der Waals surface area contributed by atoms with Gasteiger partial charge in [0.05, 0.1) is 18.7 Å². The standard InChI is InChI=1S/C22H27N3O4S2/c1-22(2,3)25-31(27,28)20-13-16(9-10-19(20)29-4)21(26)24-11-12-30-15-18-8-6-5-7-17(18)14-23/h5-10,13,25H,11-12,15H2,1-4H3,(H,24,26). The third-order valence-corrected chi connectivity index (χ3v) is 6.87. The maximum atomic E-state index is 12.7. The molecule has 2 aromatic rings. The van der Waals surface area contributed by atoms with Gasteiger partial charge in [-0.1, -0.05) is 18.2 Å². The third kappa shape index (κ3) is 7.28. The minimum absolute atomic E-state index is 0.0833. The Labute approximate surface area is 188 Å². The average Bonchev–Trinajstić information content (AvgIpc) is 2.71. The van der Waals surface area contributed by atoms with E-state index in [1.165, 1.54) is 25.3 Å². The molecule has 2 N–H and O–H groups in total. The predicted molar refractivity (Wildman–Crippen MR) is 123 cm³/mol. The van der Waals surface area contributed by atoms with Crippen LogP contribution >= 0.6 is 11.8 Å². The van der Waals surface area contributed by atoms with Crippen molar-refractivity contribution < 1.29 is 17.9 Å². The number of methoxy groups -OCH3 is 1. The van der Waals surface area contributed by atoms with E-state index in [-0.39, 0.29) is 22.1 Å². The molecule has 7 nitrogen and oxygen atoms in total. The summed E-state index contributed by atoms with van der Waals surface area (Å²) < 4.78 is 33.2. The number of nitrogens with zero attached hydrogens (tertiary/aromatic N) is 1. The van der Waals surface area contributed by atoms with Crippen LogP contribution in [0, 0.1) is 11.3 Å². The zero-order valence-corrected chi connectivity index (χ0v) is 19.7. The Morgan fingerprint density at radius 1 is 1.19 bits per heavy atom. The lowest BCUT2D eigenvalue weighted by Crippen LogP contribution is -2.40. The number of carbonyl (C=O) groups is 1. The zero-order chi connectivity index (χ0) is 23.1. The summed E-state index contributed by atoms with van der Waals surface area (Å²) in [4.78, 5) is 12.4. The molecule has 0 heterocycles. The Morgan fingerprint density at radius 3 is 2.55 bits per heavy atom. The van der Waals surface area contributed by atoms with Gasteiger partial charge in [0, 0.05) is 29.2 Å². The third-order valence-electron chi connectivity index (χ3n) is 4.08. The molecule has 0 aromatic heterocycles. The molecule has 0 bridgehead atoms. The lowest BCUT2D eigenvalue weighted by molar-refractivity contribution is 0.0956. The summed E-state index contributed by atoms with van der Waals surface area (Å²) >= 11 is 1.60. The Bertz CT molecular complexity index is 1070. The predicted octanol–water partition coefficient (Wildman–Crippen LogP) is 3.31. The van der Waals surface area contributed by atoms with Gasteiger partial charge in [0.2, 0.25) is 10.0 Å². The molecule has 0 spiro atoms. The van der Waals surface area contributed by atoms with Crippen molar-refractivity contribution >= 4 is 27.7 Å². The first-order valence-electron chi connectivity index (χ1n) is 9.63. The summed E-state index contributed by atoms with van der Waals surface area (Å²) in [6.07, 6.45) is 0.